The SMILES string of the molecule is COC1[C@@H](OC2OC(C)C(OC3CC(C)(O)C(O)C(C)O3)C(N(C)C)C2O)C(CC=O)C[C@@H](C)[C@@H](OC2CCC(N(C)C)C(C)O2)C=CC=CC[C@@H](C)OC(=O)C[C@H]1O. The molecule has 16 nitrogen and oxygen atoms in total. The minimum Gasteiger partial charge on any atom is -0.462 e. The molecule has 16 heteroatoms. The highest BCUT2D eigenvalue weighted by Crippen LogP contribution is 2.37. The highest BCUT2D eigenvalue weighted by atomic mass is 16.7. The number of ether oxygens (including phenoxy) is 8. The summed E-state index contributed by atoms with van der Waals surface area (Å²) in [4.78, 5) is 29.5. The quantitative estimate of drug-likeness (QED) is 0.175. The molecular weight excluding hydrogens is 768 g/mol. The van der Waals surface area contributed by atoms with Crippen LogP contribution in [0.1, 0.15) is 86.5 Å². The number of likely N-dealkylation sites (N-methyl/N-ethyl adjacent to an activating group) is 2. The van der Waals surface area contributed by atoms with Gasteiger partial charge in [-0.3, -0.25) is 4.79 Å². The van der Waals surface area contributed by atoms with Crippen LogP contribution in [0.4, 0.5) is 0 Å². The Labute approximate surface area is 351 Å². The van der Waals surface area contributed by atoms with Crippen molar-refractivity contribution in [1.29, 1.82) is 0 Å². The highest BCUT2D eigenvalue weighted by Gasteiger charge is 2.52. The Morgan fingerprint density at radius 1 is 0.864 bits per heavy atom. The van der Waals surface area contributed by atoms with E-state index in [1.807, 2.05) is 52.2 Å². The van der Waals surface area contributed by atoms with Crippen molar-refractivity contribution in [1.82, 2.24) is 9.80 Å². The third kappa shape index (κ3) is 13.3. The molecule has 0 aromatic rings. The van der Waals surface area contributed by atoms with Crippen LogP contribution >= 0.6 is 0 Å². The zero-order valence-corrected chi connectivity index (χ0v) is 37.0. The number of nitrogens with zero attached hydrogens (tertiary/aromatic N) is 2. The molecule has 4 N–H and O–H groups in total. The number of aliphatic hydroxyl groups is 4. The van der Waals surface area contributed by atoms with Crippen LogP contribution in [0.25, 0.3) is 0 Å². The third-order valence-corrected chi connectivity index (χ3v) is 12.4. The maximum atomic E-state index is 13.1. The summed E-state index contributed by atoms with van der Waals surface area (Å²) in [5, 5.41) is 45.1. The van der Waals surface area contributed by atoms with Gasteiger partial charge in [-0.05, 0) is 93.9 Å². The second kappa shape index (κ2) is 22.5. The summed E-state index contributed by atoms with van der Waals surface area (Å²) in [6.07, 6.45) is -1.56. The molecule has 0 aliphatic carbocycles. The lowest BCUT2D eigenvalue weighted by Gasteiger charge is -2.50. The highest BCUT2D eigenvalue weighted by molar-refractivity contribution is 5.70. The number of aliphatic hydroxyl groups excluding tert-OH is 3. The van der Waals surface area contributed by atoms with Gasteiger partial charge >= 0.3 is 5.97 Å². The first kappa shape index (κ1) is 49.8. The summed E-state index contributed by atoms with van der Waals surface area (Å²) in [7, 11) is 9.03. The van der Waals surface area contributed by atoms with E-state index < -0.39 is 110 Å². The van der Waals surface area contributed by atoms with Crippen molar-refractivity contribution in [2.24, 2.45) is 11.8 Å². The van der Waals surface area contributed by atoms with Gasteiger partial charge in [0.25, 0.3) is 0 Å². The van der Waals surface area contributed by atoms with Gasteiger partial charge in [0.2, 0.25) is 0 Å². The third-order valence-electron chi connectivity index (χ3n) is 12.4. The van der Waals surface area contributed by atoms with Crippen LogP contribution in [-0.4, -0.2) is 181 Å². The van der Waals surface area contributed by atoms with Gasteiger partial charge in [-0.15, -0.1) is 0 Å². The lowest BCUT2D eigenvalue weighted by atomic mass is 9.82. The van der Waals surface area contributed by atoms with E-state index in [0.29, 0.717) is 19.3 Å². The van der Waals surface area contributed by atoms with Gasteiger partial charge in [-0.1, -0.05) is 31.2 Å². The van der Waals surface area contributed by atoms with Crippen molar-refractivity contribution in [2.75, 3.05) is 35.3 Å². The molecule has 0 aromatic heterocycles. The molecule has 0 spiro atoms. The number of hydrogen-bond acceptors (Lipinski definition) is 16. The van der Waals surface area contributed by atoms with Crippen molar-refractivity contribution in [2.45, 2.75) is 190 Å². The number of allylic oxidation sites excluding steroid dienone is 2. The van der Waals surface area contributed by atoms with E-state index in [0.717, 1.165) is 12.7 Å². The molecule has 0 aromatic carbocycles. The van der Waals surface area contributed by atoms with Crippen molar-refractivity contribution in [3.05, 3.63) is 24.3 Å². The van der Waals surface area contributed by atoms with Gasteiger partial charge in [-0.25, -0.2) is 0 Å². The lowest BCUT2D eigenvalue weighted by molar-refractivity contribution is -0.344. The van der Waals surface area contributed by atoms with Crippen LogP contribution in [0.2, 0.25) is 0 Å². The largest absolute Gasteiger partial charge is 0.462 e. The maximum absolute atomic E-state index is 13.1. The summed E-state index contributed by atoms with van der Waals surface area (Å²) in [6, 6.07) is -0.466. The second-order valence-electron chi connectivity index (χ2n) is 17.8. The number of cyclic esters (lactones) is 1. The molecule has 0 radical (unpaired) electrons. The summed E-state index contributed by atoms with van der Waals surface area (Å²) < 4.78 is 50.0. The monoisotopic (exact) mass is 843 g/mol. The number of hydrogen-bond donors (Lipinski definition) is 4. The topological polar surface area (TPSA) is 195 Å². The summed E-state index contributed by atoms with van der Waals surface area (Å²) >= 11 is 0. The fourth-order valence-electron chi connectivity index (χ4n) is 9.10. The maximum Gasteiger partial charge on any atom is 0.308 e. The van der Waals surface area contributed by atoms with Crippen molar-refractivity contribution in [3.63, 3.8) is 0 Å². The molecule has 4 aliphatic rings. The summed E-state index contributed by atoms with van der Waals surface area (Å²) in [6.45, 7) is 10.8. The fraction of sp³-hybridized carbons (Fsp3) is 0.860. The zero-order valence-electron chi connectivity index (χ0n) is 37.0. The fourth-order valence-corrected chi connectivity index (χ4v) is 9.10. The van der Waals surface area contributed by atoms with Crippen LogP contribution in [-0.2, 0) is 47.5 Å². The van der Waals surface area contributed by atoms with Crippen molar-refractivity contribution >= 4 is 12.3 Å². The van der Waals surface area contributed by atoms with Gasteiger partial charge in [0.1, 0.15) is 36.8 Å². The van der Waals surface area contributed by atoms with E-state index in [2.05, 4.69) is 4.90 Å². The Kier molecular flexibility index (Phi) is 18.9. The molecule has 4 aliphatic heterocycles. The molecule has 59 heavy (non-hydrogen) atoms. The molecule has 0 bridgehead atoms. The Balaban J connectivity index is 1.66. The molecule has 19 atom stereocenters. The van der Waals surface area contributed by atoms with Crippen LogP contribution < -0.4 is 0 Å². The zero-order chi connectivity index (χ0) is 43.8. The first-order valence-electron chi connectivity index (χ1n) is 21.3. The van der Waals surface area contributed by atoms with Gasteiger partial charge in [0, 0.05) is 32.4 Å². The van der Waals surface area contributed by atoms with Crippen LogP contribution in [0, 0.1) is 11.8 Å². The first-order valence-corrected chi connectivity index (χ1v) is 21.3. The molecule has 3 fully saturated rings. The smallest absolute Gasteiger partial charge is 0.308 e. The lowest BCUT2D eigenvalue weighted by Crippen LogP contribution is -2.65. The average molecular weight is 843 g/mol. The van der Waals surface area contributed by atoms with Gasteiger partial charge in [-0.2, -0.15) is 0 Å². The Hall–Kier alpha value is -1.90. The minimum atomic E-state index is -1.47. The molecule has 14 unspecified atom stereocenters. The Bertz CT molecular complexity index is 1370. The molecule has 340 valence electrons. The predicted molar refractivity (Wildman–Crippen MR) is 217 cm³/mol. The number of methoxy groups -OCH3 is 1. The van der Waals surface area contributed by atoms with Crippen LogP contribution in [0.3, 0.4) is 0 Å². The molecule has 0 saturated carbocycles. The normalized spacial score (nSPS) is 44.7. The summed E-state index contributed by atoms with van der Waals surface area (Å²) in [5.74, 6) is -1.47. The standard InChI is InChI=1S/C43H74N2O14/c1-24-21-29(19-20-46)39(59-42-37(49)36(45(9)10)38(27(4)56-42)58-35-23-43(6,51)41(50)28(5)55-35)40(52-11)31(47)22-33(48)53-25(2)15-13-12-14-16-32(24)57-34-18-17-30(44(7)8)26(3)54-34/h12-14,16,20,24-32,34-42,47,49-51H,15,17-19,21-23H2,1-11H3/t24-,25-,26?,27?,28?,29?,30?,31-,32+,34?,35?,36?,37?,38?,39+,40?,41?,42?,43?/m1/s1. The molecule has 4 heterocycles. The number of rotatable bonds is 11. The predicted octanol–water partition coefficient (Wildman–Crippen LogP) is 2.33. The Morgan fingerprint density at radius 2 is 1.56 bits per heavy atom. The van der Waals surface area contributed by atoms with Crippen molar-refractivity contribution in [3.8, 4) is 0 Å². The van der Waals surface area contributed by atoms with E-state index >= 15 is 0 Å². The van der Waals surface area contributed by atoms with E-state index in [-0.39, 0.29) is 30.9 Å². The van der Waals surface area contributed by atoms with Crippen LogP contribution in [0.15, 0.2) is 24.3 Å². The van der Waals surface area contributed by atoms with Gasteiger partial charge in [0.15, 0.2) is 18.9 Å². The number of esters is 1. The first-order chi connectivity index (χ1) is 27.8. The van der Waals surface area contributed by atoms with Crippen LogP contribution in [0.5, 0.6) is 0 Å². The second-order valence-corrected chi connectivity index (χ2v) is 17.8. The Morgan fingerprint density at radius 3 is 2.17 bits per heavy atom. The van der Waals surface area contributed by atoms with E-state index in [4.69, 9.17) is 37.9 Å². The van der Waals surface area contributed by atoms with E-state index in [9.17, 15) is 30.0 Å². The summed E-state index contributed by atoms with van der Waals surface area (Å²) in [5.41, 5.74) is -1.47. The molecule has 0 amide bonds. The minimum absolute atomic E-state index is 0.00885. The number of carbonyl (C=O) groups is 2. The molecule has 4 rings (SSSR count). The number of carbonyl (C=O) groups excluding carboxylic acids is 2. The average Bonchev–Trinajstić information content (AvgIpc) is 3.13. The molecule has 3 saturated heterocycles. The van der Waals surface area contributed by atoms with E-state index in [1.54, 1.807) is 39.8 Å². The molecular formula is C43H74N2O14. The van der Waals surface area contributed by atoms with Crippen molar-refractivity contribution < 1.29 is 67.9 Å². The van der Waals surface area contributed by atoms with E-state index in [1.165, 1.54) is 14.0 Å². The van der Waals surface area contributed by atoms with Gasteiger partial charge in [0.05, 0.1) is 54.7 Å². The van der Waals surface area contributed by atoms with Gasteiger partial charge < -0.3 is 72.9 Å². The number of aldehydes is 1.